The van der Waals surface area contributed by atoms with Gasteiger partial charge >= 0.3 is 0 Å². The summed E-state index contributed by atoms with van der Waals surface area (Å²) < 4.78 is 27.1. The van der Waals surface area contributed by atoms with Crippen LogP contribution in [-0.4, -0.2) is 44.2 Å². The minimum absolute atomic E-state index is 0.0781. The van der Waals surface area contributed by atoms with E-state index in [9.17, 15) is 8.42 Å². The first kappa shape index (κ1) is 16.2. The van der Waals surface area contributed by atoms with Crippen molar-refractivity contribution in [1.29, 1.82) is 0 Å². The second-order valence-electron chi connectivity index (χ2n) is 7.55. The predicted molar refractivity (Wildman–Crippen MR) is 83.2 cm³/mol. The van der Waals surface area contributed by atoms with E-state index in [0.29, 0.717) is 11.7 Å². The summed E-state index contributed by atoms with van der Waals surface area (Å²) in [5, 5.41) is 3.42. The van der Waals surface area contributed by atoms with Crippen LogP contribution in [0.4, 0.5) is 0 Å². The van der Waals surface area contributed by atoms with Crippen LogP contribution < -0.4 is 5.32 Å². The van der Waals surface area contributed by atoms with Crippen LogP contribution in [0.3, 0.4) is 0 Å². The van der Waals surface area contributed by atoms with Crippen LogP contribution in [0.15, 0.2) is 0 Å². The maximum atomic E-state index is 12.6. The van der Waals surface area contributed by atoms with Crippen LogP contribution in [0.1, 0.15) is 52.9 Å². The van der Waals surface area contributed by atoms with Crippen molar-refractivity contribution in [2.45, 2.75) is 58.9 Å². The SMILES string of the molecule is CC(C)(C)CCS(=O)(=O)N1CCCC1C1CCCNC1. The molecule has 5 heteroatoms. The van der Waals surface area contributed by atoms with Gasteiger partial charge in [0.2, 0.25) is 10.0 Å². The van der Waals surface area contributed by atoms with E-state index in [4.69, 9.17) is 0 Å². The van der Waals surface area contributed by atoms with Gasteiger partial charge in [0.05, 0.1) is 5.75 Å². The normalized spacial score (nSPS) is 29.8. The molecule has 2 saturated heterocycles. The number of hydrogen-bond donors (Lipinski definition) is 1. The van der Waals surface area contributed by atoms with E-state index < -0.39 is 10.0 Å². The predicted octanol–water partition coefficient (Wildman–Crippen LogP) is 2.22. The fourth-order valence-electron chi connectivity index (χ4n) is 3.34. The van der Waals surface area contributed by atoms with E-state index in [-0.39, 0.29) is 11.5 Å². The van der Waals surface area contributed by atoms with Gasteiger partial charge in [-0.2, -0.15) is 4.31 Å². The summed E-state index contributed by atoms with van der Waals surface area (Å²) >= 11 is 0. The molecule has 118 valence electrons. The molecule has 2 aliphatic heterocycles. The van der Waals surface area contributed by atoms with Gasteiger partial charge in [0.1, 0.15) is 0 Å². The molecule has 0 saturated carbocycles. The summed E-state index contributed by atoms with van der Waals surface area (Å²) in [6.07, 6.45) is 5.15. The molecule has 0 amide bonds. The largest absolute Gasteiger partial charge is 0.316 e. The Hall–Kier alpha value is -0.130. The molecule has 2 heterocycles. The minimum atomic E-state index is -3.09. The lowest BCUT2D eigenvalue weighted by molar-refractivity contribution is 0.238. The molecule has 2 rings (SSSR count). The molecule has 0 aromatic heterocycles. The molecule has 1 N–H and O–H groups in total. The quantitative estimate of drug-likeness (QED) is 0.866. The van der Waals surface area contributed by atoms with Gasteiger partial charge < -0.3 is 5.32 Å². The van der Waals surface area contributed by atoms with E-state index in [0.717, 1.165) is 38.9 Å². The van der Waals surface area contributed by atoms with Crippen molar-refractivity contribution < 1.29 is 8.42 Å². The lowest BCUT2D eigenvalue weighted by Crippen LogP contribution is -2.46. The highest BCUT2D eigenvalue weighted by molar-refractivity contribution is 7.89. The summed E-state index contributed by atoms with van der Waals surface area (Å²) in [5.41, 5.74) is 0.0781. The van der Waals surface area contributed by atoms with Gasteiger partial charge in [-0.1, -0.05) is 20.8 Å². The molecule has 2 atom stereocenters. The monoisotopic (exact) mass is 302 g/mol. The Morgan fingerprint density at radius 2 is 1.95 bits per heavy atom. The zero-order chi connectivity index (χ0) is 14.8. The van der Waals surface area contributed by atoms with E-state index in [2.05, 4.69) is 26.1 Å². The van der Waals surface area contributed by atoms with E-state index in [1.165, 1.54) is 12.8 Å². The third kappa shape index (κ3) is 4.18. The standard InChI is InChI=1S/C15H30N2O2S/c1-15(2,3)8-11-20(18,19)17-10-5-7-14(17)13-6-4-9-16-12-13/h13-14,16H,4-12H2,1-3H3. The summed E-state index contributed by atoms with van der Waals surface area (Å²) in [5.74, 6) is 0.809. The topological polar surface area (TPSA) is 49.4 Å². The molecule has 2 aliphatic rings. The lowest BCUT2D eigenvalue weighted by Gasteiger charge is -2.34. The summed E-state index contributed by atoms with van der Waals surface area (Å²) in [6, 6.07) is 0.243. The van der Waals surface area contributed by atoms with Crippen LogP contribution in [0.25, 0.3) is 0 Å². The molecule has 0 aromatic rings. The van der Waals surface area contributed by atoms with E-state index in [1.807, 2.05) is 4.31 Å². The zero-order valence-electron chi connectivity index (χ0n) is 13.2. The fourth-order valence-corrected chi connectivity index (χ4v) is 5.54. The van der Waals surface area contributed by atoms with Crippen LogP contribution in [0.2, 0.25) is 0 Å². The number of piperidine rings is 1. The van der Waals surface area contributed by atoms with E-state index >= 15 is 0 Å². The van der Waals surface area contributed by atoms with E-state index in [1.54, 1.807) is 0 Å². The van der Waals surface area contributed by atoms with Gasteiger partial charge in [-0.25, -0.2) is 8.42 Å². The number of rotatable bonds is 4. The first-order valence-corrected chi connectivity index (χ1v) is 9.61. The third-order valence-electron chi connectivity index (χ3n) is 4.59. The molecule has 2 unspecified atom stereocenters. The van der Waals surface area contributed by atoms with Crippen molar-refractivity contribution in [3.63, 3.8) is 0 Å². The van der Waals surface area contributed by atoms with Gasteiger partial charge in [-0.15, -0.1) is 0 Å². The smallest absolute Gasteiger partial charge is 0.214 e. The molecule has 2 fully saturated rings. The van der Waals surface area contributed by atoms with Crippen molar-refractivity contribution in [3.05, 3.63) is 0 Å². The molecular weight excluding hydrogens is 272 g/mol. The number of nitrogens with zero attached hydrogens (tertiary/aromatic N) is 1. The van der Waals surface area contributed by atoms with Crippen molar-refractivity contribution in [2.24, 2.45) is 11.3 Å². The highest BCUT2D eigenvalue weighted by Crippen LogP contribution is 2.31. The van der Waals surface area contributed by atoms with Crippen molar-refractivity contribution >= 4 is 10.0 Å². The Bertz CT molecular complexity index is 408. The van der Waals surface area contributed by atoms with Crippen molar-refractivity contribution in [1.82, 2.24) is 9.62 Å². The molecule has 0 spiro atoms. The summed E-state index contributed by atoms with van der Waals surface area (Å²) in [7, 11) is -3.09. The Morgan fingerprint density at radius 3 is 2.55 bits per heavy atom. The number of nitrogens with one attached hydrogen (secondary N) is 1. The Morgan fingerprint density at radius 1 is 1.20 bits per heavy atom. The number of sulfonamides is 1. The fraction of sp³-hybridized carbons (Fsp3) is 1.00. The highest BCUT2D eigenvalue weighted by Gasteiger charge is 2.39. The van der Waals surface area contributed by atoms with Crippen LogP contribution in [0.5, 0.6) is 0 Å². The first-order valence-electron chi connectivity index (χ1n) is 8.00. The zero-order valence-corrected chi connectivity index (χ0v) is 14.0. The second kappa shape index (κ2) is 6.32. The van der Waals surface area contributed by atoms with Crippen molar-refractivity contribution in [2.75, 3.05) is 25.4 Å². The average molecular weight is 302 g/mol. The third-order valence-corrected chi connectivity index (χ3v) is 6.48. The molecule has 0 aromatic carbocycles. The van der Waals surface area contributed by atoms with Crippen molar-refractivity contribution in [3.8, 4) is 0 Å². The maximum absolute atomic E-state index is 12.6. The summed E-state index contributed by atoms with van der Waals surface area (Å²) in [4.78, 5) is 0. The van der Waals surface area contributed by atoms with Gasteiger partial charge in [-0.05, 0) is 56.5 Å². The van der Waals surface area contributed by atoms with Crippen LogP contribution in [-0.2, 0) is 10.0 Å². The Balaban J connectivity index is 2.01. The lowest BCUT2D eigenvalue weighted by atomic mass is 9.91. The van der Waals surface area contributed by atoms with Gasteiger partial charge in [0.15, 0.2) is 0 Å². The second-order valence-corrected chi connectivity index (χ2v) is 9.59. The Kier molecular flexibility index (Phi) is 5.14. The average Bonchev–Trinajstić information content (AvgIpc) is 2.87. The molecule has 0 aliphatic carbocycles. The van der Waals surface area contributed by atoms with Gasteiger partial charge in [0.25, 0.3) is 0 Å². The van der Waals surface area contributed by atoms with Gasteiger partial charge in [0, 0.05) is 12.6 Å². The first-order chi connectivity index (χ1) is 9.30. The molecule has 0 radical (unpaired) electrons. The van der Waals surface area contributed by atoms with Crippen LogP contribution in [0, 0.1) is 11.3 Å². The minimum Gasteiger partial charge on any atom is -0.316 e. The highest BCUT2D eigenvalue weighted by atomic mass is 32.2. The maximum Gasteiger partial charge on any atom is 0.214 e. The van der Waals surface area contributed by atoms with Crippen LogP contribution >= 0.6 is 0 Å². The molecule has 4 nitrogen and oxygen atoms in total. The number of hydrogen-bond acceptors (Lipinski definition) is 3. The molecular formula is C15H30N2O2S. The summed E-state index contributed by atoms with van der Waals surface area (Å²) in [6.45, 7) is 9.11. The van der Waals surface area contributed by atoms with Gasteiger partial charge in [-0.3, -0.25) is 0 Å². The Labute approximate surface area is 124 Å². The molecule has 0 bridgehead atoms. The molecule has 20 heavy (non-hydrogen) atoms.